The number of pyridine rings is 1. The van der Waals surface area contributed by atoms with Crippen molar-refractivity contribution in [3.63, 3.8) is 0 Å². The molecule has 7 heteroatoms. The fraction of sp³-hybridized carbons (Fsp3) is 0.722. The van der Waals surface area contributed by atoms with Gasteiger partial charge in [-0.15, -0.1) is 0 Å². The quantitative estimate of drug-likeness (QED) is 0.814. The number of fused-ring (bicyclic) bond motifs is 1. The Bertz CT molecular complexity index is 686. The Hall–Kier alpha value is -1.18. The van der Waals surface area contributed by atoms with Crippen molar-refractivity contribution in [3.8, 4) is 0 Å². The van der Waals surface area contributed by atoms with E-state index in [9.17, 15) is 8.42 Å². The maximum Gasteiger partial charge on any atom is 0.274 e. The molecule has 138 valence electrons. The standard InChI is InChI=1S/C18H27N3O3S/c22-25(23,21-9-11-24-12-10-21)17-5-6-18(19-13-17)20-8-7-15-3-1-2-4-16(15)14-20/h5-6,13,15-16H,1-4,7-12,14H2/p+1/t15-,16-/m1/s1. The summed E-state index contributed by atoms with van der Waals surface area (Å²) in [6.45, 7) is 3.96. The van der Waals surface area contributed by atoms with Crippen LogP contribution in [0.4, 0.5) is 5.82 Å². The van der Waals surface area contributed by atoms with Gasteiger partial charge in [0, 0.05) is 19.2 Å². The fourth-order valence-electron chi connectivity index (χ4n) is 4.52. The molecule has 2 aliphatic heterocycles. The molecule has 1 N–H and O–H groups in total. The lowest BCUT2D eigenvalue weighted by molar-refractivity contribution is -0.367. The van der Waals surface area contributed by atoms with Crippen LogP contribution in [0.2, 0.25) is 0 Å². The van der Waals surface area contributed by atoms with E-state index in [2.05, 4.69) is 9.88 Å². The molecule has 1 aliphatic carbocycles. The van der Waals surface area contributed by atoms with Gasteiger partial charge in [0.15, 0.2) is 0 Å². The number of nitrogens with zero attached hydrogens (tertiary/aromatic N) is 2. The van der Waals surface area contributed by atoms with Crippen molar-refractivity contribution in [2.75, 3.05) is 44.3 Å². The van der Waals surface area contributed by atoms with E-state index in [1.807, 2.05) is 6.07 Å². The summed E-state index contributed by atoms with van der Waals surface area (Å²) < 4.78 is 32.2. The third-order valence-electron chi connectivity index (χ3n) is 6.01. The molecule has 0 amide bonds. The predicted molar refractivity (Wildman–Crippen MR) is 94.9 cm³/mol. The molecular weight excluding hydrogens is 338 g/mol. The summed E-state index contributed by atoms with van der Waals surface area (Å²) in [5, 5.41) is 0. The molecular formula is C18H28N3O3S+. The van der Waals surface area contributed by atoms with Crippen molar-refractivity contribution in [1.29, 1.82) is 0 Å². The number of piperidine rings is 1. The number of sulfonamides is 1. The van der Waals surface area contributed by atoms with Crippen LogP contribution in [0.3, 0.4) is 0 Å². The van der Waals surface area contributed by atoms with Crippen LogP contribution in [0.5, 0.6) is 0 Å². The summed E-state index contributed by atoms with van der Waals surface area (Å²) in [4.78, 5) is 5.96. The molecule has 6 nitrogen and oxygen atoms in total. The molecule has 2 saturated heterocycles. The second kappa shape index (κ2) is 7.21. The van der Waals surface area contributed by atoms with Gasteiger partial charge >= 0.3 is 0 Å². The summed E-state index contributed by atoms with van der Waals surface area (Å²) in [5.74, 6) is 2.73. The SMILES string of the molecule is O=S(=O)(c1ccc(N2CC[C@H]3CCCC[C@@H]3C2)[nH+]c1)N1CCOCC1. The van der Waals surface area contributed by atoms with Crippen LogP contribution >= 0.6 is 0 Å². The van der Waals surface area contributed by atoms with Gasteiger partial charge < -0.3 is 4.74 Å². The van der Waals surface area contributed by atoms with E-state index >= 15 is 0 Å². The van der Waals surface area contributed by atoms with Gasteiger partial charge in [-0.3, -0.25) is 4.90 Å². The zero-order chi connectivity index (χ0) is 17.3. The van der Waals surface area contributed by atoms with Crippen molar-refractivity contribution >= 4 is 15.8 Å². The topological polar surface area (TPSA) is 64.0 Å². The maximum atomic E-state index is 12.7. The Morgan fingerprint density at radius 2 is 1.76 bits per heavy atom. The molecule has 3 fully saturated rings. The zero-order valence-electron chi connectivity index (χ0n) is 14.7. The van der Waals surface area contributed by atoms with E-state index in [-0.39, 0.29) is 0 Å². The van der Waals surface area contributed by atoms with Gasteiger partial charge in [0.25, 0.3) is 5.82 Å². The van der Waals surface area contributed by atoms with Gasteiger partial charge in [-0.05, 0) is 37.2 Å². The number of hydrogen-bond donors (Lipinski definition) is 0. The van der Waals surface area contributed by atoms with Gasteiger partial charge in [-0.25, -0.2) is 13.4 Å². The third kappa shape index (κ3) is 3.55. The molecule has 0 aromatic carbocycles. The molecule has 1 saturated carbocycles. The largest absolute Gasteiger partial charge is 0.379 e. The minimum absolute atomic E-state index is 0.339. The summed E-state index contributed by atoms with van der Waals surface area (Å²) in [7, 11) is -3.42. The molecule has 3 heterocycles. The molecule has 2 atom stereocenters. The highest BCUT2D eigenvalue weighted by molar-refractivity contribution is 7.89. The first-order valence-corrected chi connectivity index (χ1v) is 10.9. The van der Waals surface area contributed by atoms with Crippen molar-refractivity contribution in [1.82, 2.24) is 4.31 Å². The van der Waals surface area contributed by atoms with Gasteiger partial charge in [-0.1, -0.05) is 12.8 Å². The third-order valence-corrected chi connectivity index (χ3v) is 7.90. The number of anilines is 1. The fourth-order valence-corrected chi connectivity index (χ4v) is 5.89. The monoisotopic (exact) mass is 366 g/mol. The van der Waals surface area contributed by atoms with E-state index in [1.54, 1.807) is 12.3 Å². The highest BCUT2D eigenvalue weighted by Gasteiger charge is 2.35. The van der Waals surface area contributed by atoms with Crippen LogP contribution in [0.25, 0.3) is 0 Å². The van der Waals surface area contributed by atoms with Crippen LogP contribution in [-0.2, 0) is 14.8 Å². The Morgan fingerprint density at radius 3 is 2.48 bits per heavy atom. The summed E-state index contributed by atoms with van der Waals surface area (Å²) >= 11 is 0. The molecule has 0 unspecified atom stereocenters. The molecule has 3 aliphatic rings. The number of H-pyrrole nitrogens is 1. The van der Waals surface area contributed by atoms with Crippen molar-refractivity contribution < 1.29 is 18.1 Å². The number of aromatic amines is 1. The number of ether oxygens (including phenoxy) is 1. The lowest BCUT2D eigenvalue weighted by Gasteiger charge is -2.38. The first-order valence-electron chi connectivity index (χ1n) is 9.49. The minimum atomic E-state index is -3.42. The van der Waals surface area contributed by atoms with Crippen molar-refractivity contribution in [2.24, 2.45) is 11.8 Å². The van der Waals surface area contributed by atoms with E-state index in [0.29, 0.717) is 31.2 Å². The van der Waals surface area contributed by atoms with Gasteiger partial charge in [0.05, 0.1) is 26.3 Å². The van der Waals surface area contributed by atoms with Crippen LogP contribution < -0.4 is 9.88 Å². The summed E-state index contributed by atoms with van der Waals surface area (Å²) in [6.07, 6.45) is 8.37. The Morgan fingerprint density at radius 1 is 1.00 bits per heavy atom. The zero-order valence-corrected chi connectivity index (χ0v) is 15.5. The van der Waals surface area contributed by atoms with Crippen LogP contribution in [0.15, 0.2) is 23.2 Å². The van der Waals surface area contributed by atoms with E-state index in [1.165, 1.54) is 36.4 Å². The number of hydrogen-bond acceptors (Lipinski definition) is 4. The lowest BCUT2D eigenvalue weighted by Crippen LogP contribution is -2.44. The summed E-state index contributed by atoms with van der Waals surface area (Å²) in [5.41, 5.74) is 0. The lowest BCUT2D eigenvalue weighted by atomic mass is 9.75. The van der Waals surface area contributed by atoms with Gasteiger partial charge in [0.1, 0.15) is 11.1 Å². The number of morpholine rings is 1. The molecule has 1 aromatic rings. The molecule has 25 heavy (non-hydrogen) atoms. The number of nitrogens with one attached hydrogen (secondary N) is 1. The van der Waals surface area contributed by atoms with Crippen LogP contribution in [0, 0.1) is 11.8 Å². The number of rotatable bonds is 3. The van der Waals surface area contributed by atoms with Crippen molar-refractivity contribution in [2.45, 2.75) is 37.0 Å². The van der Waals surface area contributed by atoms with Crippen molar-refractivity contribution in [3.05, 3.63) is 18.3 Å². The molecule has 0 spiro atoms. The van der Waals surface area contributed by atoms with Crippen LogP contribution in [0.1, 0.15) is 32.1 Å². The average molecular weight is 367 g/mol. The maximum absolute atomic E-state index is 12.7. The Labute approximate surface area is 150 Å². The molecule has 1 aromatic heterocycles. The molecule has 4 rings (SSSR count). The highest BCUT2D eigenvalue weighted by atomic mass is 32.2. The van der Waals surface area contributed by atoms with Gasteiger partial charge in [0.2, 0.25) is 10.0 Å². The predicted octanol–water partition coefficient (Wildman–Crippen LogP) is 1.54. The smallest absolute Gasteiger partial charge is 0.274 e. The first kappa shape index (κ1) is 17.2. The Kier molecular flexibility index (Phi) is 4.97. The normalized spacial score (nSPS) is 28.6. The van der Waals surface area contributed by atoms with Crippen LogP contribution in [-0.4, -0.2) is 52.1 Å². The van der Waals surface area contributed by atoms with E-state index in [4.69, 9.17) is 4.74 Å². The second-order valence-corrected chi connectivity index (χ2v) is 9.40. The van der Waals surface area contributed by atoms with Gasteiger partial charge in [-0.2, -0.15) is 4.31 Å². The molecule has 0 radical (unpaired) electrons. The van der Waals surface area contributed by atoms with E-state index in [0.717, 1.165) is 30.7 Å². The second-order valence-electron chi connectivity index (χ2n) is 7.47. The molecule has 0 bridgehead atoms. The summed E-state index contributed by atoms with van der Waals surface area (Å²) in [6, 6.07) is 3.67. The minimum Gasteiger partial charge on any atom is -0.379 e. The first-order chi connectivity index (χ1) is 12.1. The van der Waals surface area contributed by atoms with E-state index < -0.39 is 10.0 Å². The number of aromatic nitrogens is 1. The Balaban J connectivity index is 1.46. The average Bonchev–Trinajstić information content (AvgIpc) is 2.68. The highest BCUT2D eigenvalue weighted by Crippen LogP contribution is 2.36.